The fourth-order valence-electron chi connectivity index (χ4n) is 0.762. The Morgan fingerprint density at radius 3 is 2.33 bits per heavy atom. The van der Waals surface area contributed by atoms with Gasteiger partial charge in [0.1, 0.15) is 6.17 Å². The molecule has 2 aliphatic rings. The van der Waals surface area contributed by atoms with Crippen molar-refractivity contribution in [2.24, 2.45) is 0 Å². The average Bonchev–Trinajstić information content (AvgIpc) is 1.63. The summed E-state index contributed by atoms with van der Waals surface area (Å²) in [7, 11) is 2.07. The first-order chi connectivity index (χ1) is 2.89. The van der Waals surface area contributed by atoms with Crippen LogP contribution in [-0.2, 0) is 0 Å². The first kappa shape index (κ1) is 2.64. The van der Waals surface area contributed by atoms with Gasteiger partial charge in [-0.3, -0.25) is 5.01 Å². The Balaban J connectivity index is 2.26. The number of nitrogens with zero attached hydrogens (tertiary/aromatic N) is 2. The van der Waals surface area contributed by atoms with Gasteiger partial charge in [0.2, 0.25) is 0 Å². The van der Waals surface area contributed by atoms with Crippen molar-refractivity contribution in [2.75, 3.05) is 7.05 Å². The number of likely N-dealkylation sites (N-methyl/N-ethyl adjacent to an activating group) is 1. The van der Waals surface area contributed by atoms with Gasteiger partial charge in [-0.1, -0.05) is 0 Å². The van der Waals surface area contributed by atoms with Crippen LogP contribution in [0.15, 0.2) is 12.3 Å². The number of hydrazine groups is 1. The van der Waals surface area contributed by atoms with Gasteiger partial charge in [-0.05, 0) is 6.08 Å². The van der Waals surface area contributed by atoms with Crippen LogP contribution in [0.4, 0.5) is 0 Å². The van der Waals surface area contributed by atoms with E-state index in [1.807, 2.05) is 0 Å². The molecule has 0 amide bonds. The molecule has 32 valence electrons. The van der Waals surface area contributed by atoms with Gasteiger partial charge in [0, 0.05) is 13.2 Å². The number of fused-ring (bicyclic) bond motifs is 1. The van der Waals surface area contributed by atoms with Gasteiger partial charge in [0.15, 0.2) is 0 Å². The fraction of sp³-hybridized carbons (Fsp3) is 0.500. The van der Waals surface area contributed by atoms with Crippen molar-refractivity contribution < 1.29 is 0 Å². The smallest absolute Gasteiger partial charge is 0.134 e. The quantitative estimate of drug-likeness (QED) is 0.379. The van der Waals surface area contributed by atoms with Gasteiger partial charge in [-0.25, -0.2) is 0 Å². The SMILES string of the molecule is CN1C2C=CN21. The normalized spacial score (nSPS) is 47.8. The highest BCUT2D eigenvalue weighted by Gasteiger charge is 2.43. The summed E-state index contributed by atoms with van der Waals surface area (Å²) >= 11 is 0. The topological polar surface area (TPSA) is 6.02 Å². The lowest BCUT2D eigenvalue weighted by Crippen LogP contribution is -1.97. The molecule has 2 atom stereocenters. The zero-order valence-corrected chi connectivity index (χ0v) is 3.63. The van der Waals surface area contributed by atoms with E-state index in [2.05, 4.69) is 29.3 Å². The van der Waals surface area contributed by atoms with E-state index in [0.29, 0.717) is 6.17 Å². The van der Waals surface area contributed by atoms with E-state index >= 15 is 0 Å². The molecule has 1 saturated heterocycles. The molecule has 0 saturated carbocycles. The van der Waals surface area contributed by atoms with E-state index in [1.165, 1.54) is 0 Å². The van der Waals surface area contributed by atoms with Crippen LogP contribution in [-0.4, -0.2) is 23.2 Å². The zero-order valence-electron chi connectivity index (χ0n) is 3.63. The summed E-state index contributed by atoms with van der Waals surface area (Å²) in [5, 5.41) is 4.33. The molecule has 0 aromatic rings. The molecule has 2 heterocycles. The third-order valence-corrected chi connectivity index (χ3v) is 1.37. The van der Waals surface area contributed by atoms with Crippen molar-refractivity contribution in [1.82, 2.24) is 10.0 Å². The van der Waals surface area contributed by atoms with Gasteiger partial charge >= 0.3 is 0 Å². The van der Waals surface area contributed by atoms with E-state index in [9.17, 15) is 0 Å². The van der Waals surface area contributed by atoms with Gasteiger partial charge in [0.05, 0.1) is 0 Å². The first-order valence-electron chi connectivity index (χ1n) is 2.09. The van der Waals surface area contributed by atoms with Crippen LogP contribution in [0.25, 0.3) is 0 Å². The van der Waals surface area contributed by atoms with Gasteiger partial charge in [-0.15, -0.1) is 0 Å². The molecule has 0 radical (unpaired) electrons. The maximum absolute atomic E-state index is 2.17. The molecule has 6 heavy (non-hydrogen) atoms. The second-order valence-electron chi connectivity index (χ2n) is 1.71. The Morgan fingerprint density at radius 1 is 1.67 bits per heavy atom. The number of hydrogen-bond acceptors (Lipinski definition) is 2. The Bertz CT molecular complexity index is 96.1. The molecule has 0 bridgehead atoms. The molecule has 0 spiro atoms. The van der Waals surface area contributed by atoms with Gasteiger partial charge < -0.3 is 0 Å². The van der Waals surface area contributed by atoms with Crippen molar-refractivity contribution >= 4 is 0 Å². The van der Waals surface area contributed by atoms with Crippen LogP contribution in [0.2, 0.25) is 0 Å². The van der Waals surface area contributed by atoms with Crippen LogP contribution in [0.5, 0.6) is 0 Å². The molecule has 0 aromatic heterocycles. The number of rotatable bonds is 0. The molecule has 2 heteroatoms. The maximum Gasteiger partial charge on any atom is 0.134 e. The van der Waals surface area contributed by atoms with Crippen LogP contribution < -0.4 is 0 Å². The molecule has 1 fully saturated rings. The summed E-state index contributed by atoms with van der Waals surface area (Å²) in [5.41, 5.74) is 0. The third-order valence-electron chi connectivity index (χ3n) is 1.37. The lowest BCUT2D eigenvalue weighted by molar-refractivity contribution is 0.449. The predicted molar refractivity (Wildman–Crippen MR) is 22.5 cm³/mol. The molecule has 2 aliphatic heterocycles. The largest absolute Gasteiger partial charge is 0.288 e. The zero-order chi connectivity index (χ0) is 4.15. The molecular formula is C4H6N2. The summed E-state index contributed by atoms with van der Waals surface area (Å²) in [6.07, 6.45) is 4.93. The minimum atomic E-state index is 0.685. The Kier molecular flexibility index (Phi) is 0.220. The molecule has 2 rings (SSSR count). The van der Waals surface area contributed by atoms with Crippen LogP contribution in [0.3, 0.4) is 0 Å². The lowest BCUT2D eigenvalue weighted by atomic mass is 10.4. The summed E-state index contributed by atoms with van der Waals surface area (Å²) in [6, 6.07) is 0. The highest BCUT2D eigenvalue weighted by atomic mass is 15.9. The van der Waals surface area contributed by atoms with Crippen molar-refractivity contribution in [3.63, 3.8) is 0 Å². The van der Waals surface area contributed by atoms with Crippen LogP contribution >= 0.6 is 0 Å². The van der Waals surface area contributed by atoms with E-state index < -0.39 is 0 Å². The average molecular weight is 82.1 g/mol. The van der Waals surface area contributed by atoms with E-state index in [1.54, 1.807) is 0 Å². The fourth-order valence-corrected chi connectivity index (χ4v) is 0.762. The second-order valence-corrected chi connectivity index (χ2v) is 1.71. The van der Waals surface area contributed by atoms with Crippen molar-refractivity contribution in [3.8, 4) is 0 Å². The number of hydrogen-bond donors (Lipinski definition) is 0. The molecule has 2 nitrogen and oxygen atoms in total. The third kappa shape index (κ3) is 0.104. The van der Waals surface area contributed by atoms with E-state index in [4.69, 9.17) is 0 Å². The van der Waals surface area contributed by atoms with Crippen LogP contribution in [0.1, 0.15) is 0 Å². The lowest BCUT2D eigenvalue weighted by Gasteiger charge is -1.94. The Morgan fingerprint density at radius 2 is 2.33 bits per heavy atom. The summed E-state index contributed by atoms with van der Waals surface area (Å²) in [6.45, 7) is 0. The highest BCUT2D eigenvalue weighted by molar-refractivity contribution is 5.14. The molecular weight excluding hydrogens is 76.1 g/mol. The van der Waals surface area contributed by atoms with E-state index in [-0.39, 0.29) is 0 Å². The predicted octanol–water partition coefficient (Wildman–Crippen LogP) is 0.00220. The van der Waals surface area contributed by atoms with Gasteiger partial charge in [0.25, 0.3) is 0 Å². The monoisotopic (exact) mass is 82.1 g/mol. The standard InChI is InChI=1S/C4H6N2/c1-5-4-2-3-6(4)5/h2-4H,1H3. The Labute approximate surface area is 36.6 Å². The van der Waals surface area contributed by atoms with E-state index in [0.717, 1.165) is 0 Å². The minimum absolute atomic E-state index is 0.685. The summed E-state index contributed by atoms with van der Waals surface area (Å²) in [5.74, 6) is 0. The molecule has 2 unspecified atom stereocenters. The van der Waals surface area contributed by atoms with Crippen molar-refractivity contribution in [2.45, 2.75) is 6.17 Å². The van der Waals surface area contributed by atoms with Crippen molar-refractivity contribution in [3.05, 3.63) is 12.3 Å². The summed E-state index contributed by atoms with van der Waals surface area (Å²) < 4.78 is 0. The minimum Gasteiger partial charge on any atom is -0.288 e. The molecule has 0 aliphatic carbocycles. The molecule has 0 N–H and O–H groups in total. The highest BCUT2D eigenvalue weighted by Crippen LogP contribution is 2.32. The maximum atomic E-state index is 2.17. The summed E-state index contributed by atoms with van der Waals surface area (Å²) in [4.78, 5) is 0. The second kappa shape index (κ2) is 0.500. The Hall–Kier alpha value is -0.500. The van der Waals surface area contributed by atoms with Crippen LogP contribution in [0, 0.1) is 0 Å². The van der Waals surface area contributed by atoms with Gasteiger partial charge in [-0.2, -0.15) is 5.01 Å². The van der Waals surface area contributed by atoms with Crippen molar-refractivity contribution in [1.29, 1.82) is 0 Å². The molecule has 0 aromatic carbocycles. The first-order valence-corrected chi connectivity index (χ1v) is 2.09.